The van der Waals surface area contributed by atoms with Gasteiger partial charge in [0.2, 0.25) is 0 Å². The maximum absolute atomic E-state index is 10.9. The summed E-state index contributed by atoms with van der Waals surface area (Å²) < 4.78 is 30.6. The lowest BCUT2D eigenvalue weighted by atomic mass is 10.1. The molecular weight excluding hydrogens is 352 g/mol. The molecule has 0 aliphatic heterocycles. The van der Waals surface area contributed by atoms with Crippen molar-refractivity contribution >= 4 is 22.1 Å². The lowest BCUT2D eigenvalue weighted by molar-refractivity contribution is 0.0688. The lowest BCUT2D eigenvalue weighted by Gasteiger charge is -2.05. The Morgan fingerprint density at radius 1 is 0.792 bits per heavy atom. The molecule has 0 unspecified atom stereocenters. The van der Waals surface area contributed by atoms with Gasteiger partial charge in [0.15, 0.2) is 0 Å². The number of carboxylic acid groups (broad SMARTS) is 2. The van der Waals surface area contributed by atoms with Gasteiger partial charge < -0.3 is 30.6 Å². The quantitative estimate of drug-likeness (QED) is 0.289. The fraction of sp³-hybridized carbons (Fsp3) is 0.333. The molecule has 7 N–H and O–H groups in total. The van der Waals surface area contributed by atoms with Crippen LogP contribution in [0.15, 0.2) is 23.1 Å². The van der Waals surface area contributed by atoms with Gasteiger partial charge in [-0.3, -0.25) is 4.55 Å². The maximum Gasteiger partial charge on any atom is 0.337 e. The number of aromatic carboxylic acids is 2. The molecule has 0 radical (unpaired) electrons. The number of rotatable bonds is 5. The van der Waals surface area contributed by atoms with Gasteiger partial charge in [0, 0.05) is 0 Å². The van der Waals surface area contributed by atoms with Crippen LogP contribution in [-0.4, -0.2) is 82.0 Å². The third-order valence-corrected chi connectivity index (χ3v) is 2.89. The molecule has 0 atom stereocenters. The average Bonchev–Trinajstić information content (AvgIpc) is 2.53. The van der Waals surface area contributed by atoms with Crippen LogP contribution in [0.25, 0.3) is 0 Å². The smallest absolute Gasteiger partial charge is 0.337 e. The Hall–Kier alpha value is -2.09. The summed E-state index contributed by atoms with van der Waals surface area (Å²) in [6, 6.07) is 2.84. The summed E-state index contributed by atoms with van der Waals surface area (Å²) in [5, 5.41) is 47.8. The molecule has 0 aromatic heterocycles. The van der Waals surface area contributed by atoms with E-state index in [0.29, 0.717) is 0 Å². The minimum Gasteiger partial charge on any atom is -0.478 e. The third kappa shape index (κ3) is 9.14. The van der Waals surface area contributed by atoms with Gasteiger partial charge in [-0.15, -0.1) is 0 Å². The van der Waals surface area contributed by atoms with Crippen molar-refractivity contribution in [1.82, 2.24) is 0 Å². The molecule has 1 rings (SSSR count). The van der Waals surface area contributed by atoms with Crippen LogP contribution in [-0.2, 0) is 10.1 Å². The second-order valence-electron chi connectivity index (χ2n) is 3.66. The van der Waals surface area contributed by atoms with E-state index in [1.807, 2.05) is 0 Å². The highest BCUT2D eigenvalue weighted by molar-refractivity contribution is 7.86. The van der Waals surface area contributed by atoms with E-state index < -0.39 is 38.1 Å². The topological polar surface area (TPSA) is 210 Å². The zero-order valence-corrected chi connectivity index (χ0v) is 13.0. The van der Waals surface area contributed by atoms with E-state index in [4.69, 9.17) is 35.2 Å². The molecule has 12 heteroatoms. The van der Waals surface area contributed by atoms with Gasteiger partial charge in [-0.2, -0.15) is 8.42 Å². The first kappa shape index (κ1) is 24.2. The van der Waals surface area contributed by atoms with Gasteiger partial charge >= 0.3 is 11.9 Å². The van der Waals surface area contributed by atoms with E-state index in [0.717, 1.165) is 18.2 Å². The predicted molar refractivity (Wildman–Crippen MR) is 78.5 cm³/mol. The van der Waals surface area contributed by atoms with Crippen molar-refractivity contribution < 1.29 is 53.2 Å². The minimum atomic E-state index is -4.92. The number of hydrogen-bond donors (Lipinski definition) is 7. The zero-order valence-electron chi connectivity index (χ0n) is 12.2. The van der Waals surface area contributed by atoms with E-state index in [1.165, 1.54) is 0 Å². The van der Waals surface area contributed by atoms with Crippen LogP contribution in [0.3, 0.4) is 0 Å². The molecule has 0 aliphatic carbocycles. The number of carboxylic acids is 2. The molecule has 0 amide bonds. The highest BCUT2D eigenvalue weighted by Crippen LogP contribution is 2.20. The van der Waals surface area contributed by atoms with Gasteiger partial charge in [-0.25, -0.2) is 9.59 Å². The van der Waals surface area contributed by atoms with E-state index in [1.54, 1.807) is 0 Å². The van der Waals surface area contributed by atoms with E-state index in [9.17, 15) is 18.0 Å². The summed E-state index contributed by atoms with van der Waals surface area (Å²) in [6.45, 7) is -0.500. The molecule has 1 aromatic carbocycles. The fourth-order valence-corrected chi connectivity index (χ4v) is 2.02. The number of hydrogen-bond acceptors (Lipinski definition) is 8. The first-order valence-electron chi connectivity index (χ1n) is 6.08. The van der Waals surface area contributed by atoms with Crippen LogP contribution in [0.1, 0.15) is 20.7 Å². The molecule has 0 heterocycles. The summed E-state index contributed by atoms with van der Waals surface area (Å²) >= 11 is 0. The van der Waals surface area contributed by atoms with Gasteiger partial charge in [0.1, 0.15) is 4.90 Å². The third-order valence-electron chi connectivity index (χ3n) is 1.93. The van der Waals surface area contributed by atoms with Crippen molar-refractivity contribution in [2.75, 3.05) is 26.4 Å². The van der Waals surface area contributed by atoms with Crippen molar-refractivity contribution in [3.63, 3.8) is 0 Å². The molecule has 24 heavy (non-hydrogen) atoms. The normalized spacial score (nSPS) is 9.88. The number of aliphatic hydroxyl groups is 4. The Balaban J connectivity index is 0. The predicted octanol–water partition coefficient (Wildman–Crippen LogP) is -1.73. The summed E-state index contributed by atoms with van der Waals surface area (Å²) in [5.41, 5.74) is -1.58. The zero-order chi connectivity index (χ0) is 19.3. The van der Waals surface area contributed by atoms with Gasteiger partial charge in [-0.05, 0) is 12.1 Å². The number of benzene rings is 1. The van der Waals surface area contributed by atoms with E-state index in [2.05, 4.69) is 0 Å². The van der Waals surface area contributed by atoms with Gasteiger partial charge in [-0.1, -0.05) is 6.07 Å². The molecule has 0 spiro atoms. The Labute approximate surface area is 136 Å². The van der Waals surface area contributed by atoms with Crippen LogP contribution in [0.5, 0.6) is 0 Å². The first-order chi connectivity index (χ1) is 11.1. The van der Waals surface area contributed by atoms with E-state index >= 15 is 0 Å². The maximum atomic E-state index is 10.9. The van der Waals surface area contributed by atoms with Crippen LogP contribution in [0.2, 0.25) is 0 Å². The first-order valence-corrected chi connectivity index (χ1v) is 7.52. The second-order valence-corrected chi connectivity index (χ2v) is 5.02. The summed E-state index contributed by atoms with van der Waals surface area (Å²) in [4.78, 5) is 20.2. The molecule has 0 saturated heterocycles. The molecule has 0 fully saturated rings. The summed E-state index contributed by atoms with van der Waals surface area (Å²) in [6.07, 6.45) is 0. The minimum absolute atomic E-state index is 0.125. The van der Waals surface area contributed by atoms with Crippen molar-refractivity contribution in [1.29, 1.82) is 0 Å². The van der Waals surface area contributed by atoms with Gasteiger partial charge in [0.05, 0.1) is 37.6 Å². The second kappa shape index (κ2) is 12.3. The molecular formula is C12H18O11S. The number of carbonyl (C=O) groups is 2. The fourth-order valence-electron chi connectivity index (χ4n) is 1.15. The monoisotopic (exact) mass is 370 g/mol. The van der Waals surface area contributed by atoms with Crippen molar-refractivity contribution in [2.24, 2.45) is 0 Å². The van der Waals surface area contributed by atoms with Crippen LogP contribution >= 0.6 is 0 Å². The Morgan fingerprint density at radius 3 is 1.25 bits per heavy atom. The largest absolute Gasteiger partial charge is 0.478 e. The molecule has 11 nitrogen and oxygen atoms in total. The standard InChI is InChI=1S/C8H6O7S.2C2H6O2/c9-7(10)4-2-1-3-5(8(11)12)6(4)16(13,14)15;2*3-1-2-4/h1-3H,(H,9,10)(H,11,12)(H,13,14,15);2*3-4H,1-2H2. The Bertz CT molecular complexity index is 584. The van der Waals surface area contributed by atoms with Crippen LogP contribution in [0, 0.1) is 0 Å². The molecule has 0 bridgehead atoms. The Morgan fingerprint density at radius 2 is 1.08 bits per heavy atom. The van der Waals surface area contributed by atoms with Crippen LogP contribution < -0.4 is 0 Å². The Kier molecular flexibility index (Phi) is 12.4. The summed E-state index contributed by atoms with van der Waals surface area (Å²) in [5.74, 6) is -3.29. The molecule has 0 saturated carbocycles. The summed E-state index contributed by atoms with van der Waals surface area (Å²) in [7, 11) is -4.92. The molecule has 138 valence electrons. The van der Waals surface area contributed by atoms with Gasteiger partial charge in [0.25, 0.3) is 10.1 Å². The molecule has 1 aromatic rings. The van der Waals surface area contributed by atoms with Crippen molar-refractivity contribution in [2.45, 2.75) is 4.90 Å². The molecule has 0 aliphatic rings. The van der Waals surface area contributed by atoms with Crippen LogP contribution in [0.4, 0.5) is 0 Å². The highest BCUT2D eigenvalue weighted by Gasteiger charge is 2.26. The number of aliphatic hydroxyl groups excluding tert-OH is 4. The van der Waals surface area contributed by atoms with E-state index in [-0.39, 0.29) is 26.4 Å². The van der Waals surface area contributed by atoms with Crippen molar-refractivity contribution in [3.8, 4) is 0 Å². The van der Waals surface area contributed by atoms with Crippen molar-refractivity contribution in [3.05, 3.63) is 29.3 Å². The highest BCUT2D eigenvalue weighted by atomic mass is 32.2. The average molecular weight is 370 g/mol. The SMILES string of the molecule is O=C(O)c1cccc(C(=O)O)c1S(=O)(=O)O.OCCO.OCCO. The lowest BCUT2D eigenvalue weighted by Crippen LogP contribution is -2.14.